The highest BCUT2D eigenvalue weighted by Gasteiger charge is 2.20. The van der Waals surface area contributed by atoms with Gasteiger partial charge in [-0.05, 0) is 32.9 Å². The molecule has 1 atom stereocenters. The molecule has 0 saturated heterocycles. The first kappa shape index (κ1) is 13.7. The van der Waals surface area contributed by atoms with Gasteiger partial charge in [0.25, 0.3) is 0 Å². The zero-order valence-corrected chi connectivity index (χ0v) is 10.8. The number of nitrogens with one attached hydrogen (secondary N) is 1. The van der Waals surface area contributed by atoms with Gasteiger partial charge in [0.1, 0.15) is 6.04 Å². The molecule has 1 aromatic rings. The predicted octanol–water partition coefficient (Wildman–Crippen LogP) is 1.12. The van der Waals surface area contributed by atoms with Gasteiger partial charge in [-0.2, -0.15) is 5.10 Å². The van der Waals surface area contributed by atoms with Crippen molar-refractivity contribution < 1.29 is 9.53 Å². The van der Waals surface area contributed by atoms with E-state index in [1.54, 1.807) is 6.20 Å². The first-order chi connectivity index (χ1) is 8.19. The second-order valence-corrected chi connectivity index (χ2v) is 3.91. The van der Waals surface area contributed by atoms with Gasteiger partial charge in [-0.15, -0.1) is 0 Å². The summed E-state index contributed by atoms with van der Waals surface area (Å²) in [6.45, 7) is 7.56. The van der Waals surface area contributed by atoms with E-state index in [1.165, 1.54) is 0 Å². The second kappa shape index (κ2) is 7.06. The van der Waals surface area contributed by atoms with Crippen LogP contribution in [0, 0.1) is 6.92 Å². The molecule has 17 heavy (non-hydrogen) atoms. The molecule has 96 valence electrons. The van der Waals surface area contributed by atoms with Gasteiger partial charge >= 0.3 is 5.97 Å². The van der Waals surface area contributed by atoms with Crippen LogP contribution in [0.4, 0.5) is 0 Å². The monoisotopic (exact) mass is 239 g/mol. The number of rotatable bonds is 7. The molecule has 0 saturated carbocycles. The number of ether oxygens (including phenoxy) is 1. The van der Waals surface area contributed by atoms with Crippen molar-refractivity contribution in [3.05, 3.63) is 18.0 Å². The first-order valence-corrected chi connectivity index (χ1v) is 6.07. The Labute approximate surface area is 102 Å². The summed E-state index contributed by atoms with van der Waals surface area (Å²) >= 11 is 0. The highest BCUT2D eigenvalue weighted by Crippen LogP contribution is 2.00. The molecular formula is C12H21N3O2. The molecule has 1 aromatic heterocycles. The number of hydrogen-bond donors (Lipinski definition) is 1. The van der Waals surface area contributed by atoms with Crippen LogP contribution in [0.25, 0.3) is 0 Å². The van der Waals surface area contributed by atoms with Gasteiger partial charge in [0.2, 0.25) is 0 Å². The lowest BCUT2D eigenvalue weighted by Crippen LogP contribution is -2.42. The Kier molecular flexibility index (Phi) is 5.69. The molecule has 1 N–H and O–H groups in total. The van der Waals surface area contributed by atoms with Gasteiger partial charge in [0.05, 0.1) is 13.2 Å². The number of carbonyl (C=O) groups is 1. The van der Waals surface area contributed by atoms with Crippen molar-refractivity contribution in [1.29, 1.82) is 0 Å². The molecule has 0 aliphatic carbocycles. The van der Waals surface area contributed by atoms with Crippen molar-refractivity contribution in [3.8, 4) is 0 Å². The third-order valence-corrected chi connectivity index (χ3v) is 2.50. The van der Waals surface area contributed by atoms with Crippen LogP contribution in [0.2, 0.25) is 0 Å². The fourth-order valence-electron chi connectivity index (χ4n) is 1.55. The molecule has 0 aliphatic rings. The van der Waals surface area contributed by atoms with E-state index in [2.05, 4.69) is 17.3 Å². The van der Waals surface area contributed by atoms with E-state index < -0.39 is 0 Å². The number of aryl methyl sites for hydroxylation is 1. The Hall–Kier alpha value is -1.36. The van der Waals surface area contributed by atoms with Crippen LogP contribution in [-0.4, -0.2) is 34.9 Å². The number of hydrogen-bond acceptors (Lipinski definition) is 4. The van der Waals surface area contributed by atoms with Crippen LogP contribution in [0.15, 0.2) is 12.3 Å². The summed E-state index contributed by atoms with van der Waals surface area (Å²) in [5, 5.41) is 7.36. The molecule has 0 aromatic carbocycles. The maximum atomic E-state index is 11.8. The van der Waals surface area contributed by atoms with Gasteiger partial charge < -0.3 is 10.1 Å². The standard InChI is InChI=1S/C12H21N3O2/c1-4-7-13-11(12(16)17-5-2)9-15-10(3)6-8-14-15/h6,8,11,13H,4-5,7,9H2,1-3H3. The lowest BCUT2D eigenvalue weighted by Gasteiger charge is -2.17. The number of nitrogens with zero attached hydrogens (tertiary/aromatic N) is 2. The highest BCUT2D eigenvalue weighted by molar-refractivity contribution is 5.75. The molecule has 1 heterocycles. The normalized spacial score (nSPS) is 12.4. The largest absolute Gasteiger partial charge is 0.465 e. The highest BCUT2D eigenvalue weighted by atomic mass is 16.5. The molecule has 5 heteroatoms. The Morgan fingerprint density at radius 3 is 2.88 bits per heavy atom. The summed E-state index contributed by atoms with van der Waals surface area (Å²) in [5.74, 6) is -0.212. The molecule has 0 bridgehead atoms. The van der Waals surface area contributed by atoms with Crippen molar-refractivity contribution in [3.63, 3.8) is 0 Å². The molecule has 0 spiro atoms. The lowest BCUT2D eigenvalue weighted by molar-refractivity contribution is -0.146. The van der Waals surface area contributed by atoms with Crippen LogP contribution >= 0.6 is 0 Å². The Morgan fingerprint density at radius 1 is 1.59 bits per heavy atom. The van der Waals surface area contributed by atoms with E-state index in [0.29, 0.717) is 13.2 Å². The van der Waals surface area contributed by atoms with Crippen LogP contribution in [-0.2, 0) is 16.1 Å². The molecule has 0 radical (unpaired) electrons. The van der Waals surface area contributed by atoms with Crippen molar-refractivity contribution in [2.75, 3.05) is 13.2 Å². The molecule has 1 unspecified atom stereocenters. The fourth-order valence-corrected chi connectivity index (χ4v) is 1.55. The Morgan fingerprint density at radius 2 is 2.35 bits per heavy atom. The van der Waals surface area contributed by atoms with E-state index in [1.807, 2.05) is 24.6 Å². The van der Waals surface area contributed by atoms with Crippen molar-refractivity contribution in [2.24, 2.45) is 0 Å². The molecule has 1 rings (SSSR count). The maximum Gasteiger partial charge on any atom is 0.325 e. The summed E-state index contributed by atoms with van der Waals surface area (Å²) < 4.78 is 6.86. The quantitative estimate of drug-likeness (QED) is 0.724. The molecular weight excluding hydrogens is 218 g/mol. The fraction of sp³-hybridized carbons (Fsp3) is 0.667. The third-order valence-electron chi connectivity index (χ3n) is 2.50. The average molecular weight is 239 g/mol. The second-order valence-electron chi connectivity index (χ2n) is 3.91. The minimum absolute atomic E-state index is 0.212. The van der Waals surface area contributed by atoms with Gasteiger partial charge in [0, 0.05) is 11.9 Å². The van der Waals surface area contributed by atoms with Gasteiger partial charge in [0.15, 0.2) is 0 Å². The third kappa shape index (κ3) is 4.19. The first-order valence-electron chi connectivity index (χ1n) is 6.07. The van der Waals surface area contributed by atoms with Crippen LogP contribution in [0.3, 0.4) is 0 Å². The lowest BCUT2D eigenvalue weighted by atomic mass is 10.2. The molecule has 0 fully saturated rings. The van der Waals surface area contributed by atoms with E-state index >= 15 is 0 Å². The topological polar surface area (TPSA) is 56.2 Å². The van der Waals surface area contributed by atoms with Crippen molar-refractivity contribution in [2.45, 2.75) is 39.8 Å². The number of carbonyl (C=O) groups excluding carboxylic acids is 1. The minimum Gasteiger partial charge on any atom is -0.465 e. The van der Waals surface area contributed by atoms with Gasteiger partial charge in [-0.3, -0.25) is 9.48 Å². The molecule has 0 aliphatic heterocycles. The summed E-state index contributed by atoms with van der Waals surface area (Å²) in [5.41, 5.74) is 1.04. The van der Waals surface area contributed by atoms with Crippen LogP contribution in [0.1, 0.15) is 26.0 Å². The van der Waals surface area contributed by atoms with E-state index in [0.717, 1.165) is 18.7 Å². The summed E-state index contributed by atoms with van der Waals surface area (Å²) in [6.07, 6.45) is 2.71. The zero-order chi connectivity index (χ0) is 12.7. The smallest absolute Gasteiger partial charge is 0.325 e. The number of esters is 1. The van der Waals surface area contributed by atoms with Gasteiger partial charge in [-0.1, -0.05) is 6.92 Å². The van der Waals surface area contributed by atoms with Crippen molar-refractivity contribution in [1.82, 2.24) is 15.1 Å². The zero-order valence-electron chi connectivity index (χ0n) is 10.8. The van der Waals surface area contributed by atoms with Crippen LogP contribution < -0.4 is 5.32 Å². The summed E-state index contributed by atoms with van der Waals surface area (Å²) in [4.78, 5) is 11.8. The van der Waals surface area contributed by atoms with E-state index in [4.69, 9.17) is 4.74 Å². The summed E-state index contributed by atoms with van der Waals surface area (Å²) in [6, 6.07) is 1.59. The maximum absolute atomic E-state index is 11.8. The van der Waals surface area contributed by atoms with Crippen LogP contribution in [0.5, 0.6) is 0 Å². The molecule has 0 amide bonds. The number of aromatic nitrogens is 2. The van der Waals surface area contributed by atoms with Gasteiger partial charge in [-0.25, -0.2) is 0 Å². The minimum atomic E-state index is -0.325. The van der Waals surface area contributed by atoms with E-state index in [9.17, 15) is 4.79 Å². The average Bonchev–Trinajstić information content (AvgIpc) is 2.70. The molecule has 5 nitrogen and oxygen atoms in total. The predicted molar refractivity (Wildman–Crippen MR) is 65.7 cm³/mol. The van der Waals surface area contributed by atoms with E-state index in [-0.39, 0.29) is 12.0 Å². The summed E-state index contributed by atoms with van der Waals surface area (Å²) in [7, 11) is 0. The SMILES string of the molecule is CCCNC(Cn1nccc1C)C(=O)OCC. The van der Waals surface area contributed by atoms with Crippen molar-refractivity contribution >= 4 is 5.97 Å². The Bertz CT molecular complexity index is 349. The Balaban J connectivity index is 2.63.